The van der Waals surface area contributed by atoms with Crippen molar-refractivity contribution >= 4 is 0 Å². The molecule has 92 valence electrons. The van der Waals surface area contributed by atoms with E-state index in [2.05, 4.69) is 32.6 Å². The van der Waals surface area contributed by atoms with Crippen LogP contribution >= 0.6 is 0 Å². The van der Waals surface area contributed by atoms with E-state index in [9.17, 15) is 0 Å². The van der Waals surface area contributed by atoms with Crippen LogP contribution in [0.15, 0.2) is 0 Å². The van der Waals surface area contributed by atoms with Gasteiger partial charge in [0.15, 0.2) is 0 Å². The second-order valence-electron chi connectivity index (χ2n) is 8.09. The van der Waals surface area contributed by atoms with Gasteiger partial charge in [0.1, 0.15) is 0 Å². The predicted molar refractivity (Wildman–Crippen MR) is 68.4 cm³/mol. The standard InChI is InChI=1S/C15H27N/c1-13(2)10-14(3)8-12(16-6-5-7-16)9-15(14,4)11-13/h12H,5-11H2,1-4H3. The molecule has 2 saturated carbocycles. The quantitative estimate of drug-likeness (QED) is 0.653. The summed E-state index contributed by atoms with van der Waals surface area (Å²) in [5.41, 5.74) is 1.83. The highest BCUT2D eigenvalue weighted by atomic mass is 15.2. The molecule has 2 unspecified atom stereocenters. The molecule has 0 amide bonds. The molecule has 1 aliphatic heterocycles. The van der Waals surface area contributed by atoms with Gasteiger partial charge in [-0.2, -0.15) is 0 Å². The number of hydrogen-bond donors (Lipinski definition) is 0. The number of rotatable bonds is 1. The molecule has 0 radical (unpaired) electrons. The van der Waals surface area contributed by atoms with Crippen LogP contribution < -0.4 is 0 Å². The summed E-state index contributed by atoms with van der Waals surface area (Å²) in [5, 5.41) is 0. The fraction of sp³-hybridized carbons (Fsp3) is 1.00. The molecule has 1 saturated heterocycles. The van der Waals surface area contributed by atoms with Gasteiger partial charge in [-0.1, -0.05) is 27.7 Å². The van der Waals surface area contributed by atoms with Crippen LogP contribution in [0.5, 0.6) is 0 Å². The van der Waals surface area contributed by atoms with E-state index in [0.29, 0.717) is 16.2 Å². The fourth-order valence-electron chi connectivity index (χ4n) is 5.32. The average Bonchev–Trinajstić information content (AvgIpc) is 2.23. The monoisotopic (exact) mass is 221 g/mol. The van der Waals surface area contributed by atoms with Crippen molar-refractivity contribution in [2.24, 2.45) is 16.2 Å². The smallest absolute Gasteiger partial charge is 0.0106 e. The lowest BCUT2D eigenvalue weighted by molar-refractivity contribution is 0.104. The Morgan fingerprint density at radius 2 is 1.38 bits per heavy atom. The minimum atomic E-state index is 0.587. The van der Waals surface area contributed by atoms with Crippen molar-refractivity contribution in [1.82, 2.24) is 4.90 Å². The van der Waals surface area contributed by atoms with E-state index < -0.39 is 0 Å². The summed E-state index contributed by atoms with van der Waals surface area (Å²) in [6.45, 7) is 12.8. The zero-order valence-electron chi connectivity index (χ0n) is 11.5. The molecule has 2 atom stereocenters. The van der Waals surface area contributed by atoms with E-state index in [1.807, 2.05) is 0 Å². The Balaban J connectivity index is 1.80. The van der Waals surface area contributed by atoms with Crippen LogP contribution in [0.25, 0.3) is 0 Å². The Kier molecular flexibility index (Phi) is 2.11. The van der Waals surface area contributed by atoms with Crippen molar-refractivity contribution in [2.75, 3.05) is 13.1 Å². The summed E-state index contributed by atoms with van der Waals surface area (Å²) in [6, 6.07) is 0.917. The fourth-order valence-corrected chi connectivity index (χ4v) is 5.32. The Morgan fingerprint density at radius 3 is 1.75 bits per heavy atom. The molecular formula is C15H27N. The molecule has 1 heterocycles. The van der Waals surface area contributed by atoms with E-state index in [-0.39, 0.29) is 0 Å². The van der Waals surface area contributed by atoms with Crippen molar-refractivity contribution in [2.45, 2.75) is 65.8 Å². The molecule has 3 aliphatic rings. The molecule has 3 rings (SSSR count). The van der Waals surface area contributed by atoms with Crippen LogP contribution in [-0.2, 0) is 0 Å². The van der Waals surface area contributed by atoms with Gasteiger partial charge in [-0.05, 0) is 61.4 Å². The molecule has 16 heavy (non-hydrogen) atoms. The largest absolute Gasteiger partial charge is 0.300 e. The van der Waals surface area contributed by atoms with Gasteiger partial charge in [0.25, 0.3) is 0 Å². The Hall–Kier alpha value is -0.0400. The molecule has 2 aliphatic carbocycles. The van der Waals surface area contributed by atoms with E-state index in [4.69, 9.17) is 0 Å². The van der Waals surface area contributed by atoms with Crippen molar-refractivity contribution in [3.63, 3.8) is 0 Å². The maximum absolute atomic E-state index is 2.74. The summed E-state index contributed by atoms with van der Waals surface area (Å²) in [6.07, 6.45) is 7.26. The first-order valence-corrected chi connectivity index (χ1v) is 7.08. The third-order valence-electron chi connectivity index (χ3n) is 5.97. The highest BCUT2D eigenvalue weighted by molar-refractivity contribution is 5.12. The second kappa shape index (κ2) is 3.04. The highest BCUT2D eigenvalue weighted by Crippen LogP contribution is 2.68. The van der Waals surface area contributed by atoms with Gasteiger partial charge < -0.3 is 4.90 Å². The van der Waals surface area contributed by atoms with Gasteiger partial charge in [0.05, 0.1) is 0 Å². The summed E-state index contributed by atoms with van der Waals surface area (Å²) >= 11 is 0. The van der Waals surface area contributed by atoms with Crippen molar-refractivity contribution in [3.05, 3.63) is 0 Å². The molecule has 1 heteroatoms. The van der Waals surface area contributed by atoms with Gasteiger partial charge in [0.2, 0.25) is 0 Å². The molecule has 1 nitrogen and oxygen atoms in total. The molecule has 3 fully saturated rings. The highest BCUT2D eigenvalue weighted by Gasteiger charge is 2.60. The molecule has 0 N–H and O–H groups in total. The van der Waals surface area contributed by atoms with Crippen molar-refractivity contribution in [3.8, 4) is 0 Å². The Labute approximate surface area is 101 Å². The maximum atomic E-state index is 2.74. The topological polar surface area (TPSA) is 3.24 Å². The predicted octanol–water partition coefficient (Wildman–Crippen LogP) is 3.69. The molecule has 0 aromatic rings. The van der Waals surface area contributed by atoms with Crippen LogP contribution in [0.1, 0.15) is 59.8 Å². The van der Waals surface area contributed by atoms with Gasteiger partial charge in [-0.15, -0.1) is 0 Å². The second-order valence-corrected chi connectivity index (χ2v) is 8.09. The van der Waals surface area contributed by atoms with E-state index in [1.54, 1.807) is 0 Å². The first-order valence-electron chi connectivity index (χ1n) is 7.08. The average molecular weight is 221 g/mol. The first kappa shape index (κ1) is 11.1. The SMILES string of the molecule is CC1(C)CC2(C)CC(N3CCC3)CC2(C)C1. The lowest BCUT2D eigenvalue weighted by atomic mass is 9.71. The summed E-state index contributed by atoms with van der Waals surface area (Å²) < 4.78 is 0. The number of nitrogens with zero attached hydrogens (tertiary/aromatic N) is 1. The maximum Gasteiger partial charge on any atom is 0.0106 e. The third-order valence-corrected chi connectivity index (χ3v) is 5.97. The molecular weight excluding hydrogens is 194 g/mol. The van der Waals surface area contributed by atoms with Gasteiger partial charge in [-0.3, -0.25) is 0 Å². The van der Waals surface area contributed by atoms with Gasteiger partial charge in [0, 0.05) is 6.04 Å². The lowest BCUT2D eigenvalue weighted by Gasteiger charge is -2.38. The molecule has 0 aromatic heterocycles. The van der Waals surface area contributed by atoms with Gasteiger partial charge in [-0.25, -0.2) is 0 Å². The van der Waals surface area contributed by atoms with Crippen LogP contribution in [-0.4, -0.2) is 24.0 Å². The normalized spacial score (nSPS) is 51.4. The van der Waals surface area contributed by atoms with Crippen LogP contribution in [0, 0.1) is 16.2 Å². The minimum Gasteiger partial charge on any atom is -0.300 e. The third kappa shape index (κ3) is 1.40. The van der Waals surface area contributed by atoms with Crippen LogP contribution in [0.4, 0.5) is 0 Å². The van der Waals surface area contributed by atoms with Crippen LogP contribution in [0.3, 0.4) is 0 Å². The summed E-state index contributed by atoms with van der Waals surface area (Å²) in [4.78, 5) is 2.74. The summed E-state index contributed by atoms with van der Waals surface area (Å²) in [7, 11) is 0. The van der Waals surface area contributed by atoms with Gasteiger partial charge >= 0.3 is 0 Å². The van der Waals surface area contributed by atoms with Crippen molar-refractivity contribution < 1.29 is 0 Å². The number of hydrogen-bond acceptors (Lipinski definition) is 1. The van der Waals surface area contributed by atoms with E-state index in [1.165, 1.54) is 45.2 Å². The zero-order valence-corrected chi connectivity index (χ0v) is 11.5. The van der Waals surface area contributed by atoms with Crippen molar-refractivity contribution in [1.29, 1.82) is 0 Å². The van der Waals surface area contributed by atoms with E-state index in [0.717, 1.165) is 6.04 Å². The molecule has 0 spiro atoms. The molecule has 0 bridgehead atoms. The molecule has 0 aromatic carbocycles. The lowest BCUT2D eigenvalue weighted by Crippen LogP contribution is -2.44. The zero-order chi connectivity index (χ0) is 11.6. The van der Waals surface area contributed by atoms with E-state index >= 15 is 0 Å². The summed E-state index contributed by atoms with van der Waals surface area (Å²) in [5.74, 6) is 0. The Morgan fingerprint density at radius 1 is 0.875 bits per heavy atom. The Bertz CT molecular complexity index is 283. The van der Waals surface area contributed by atoms with Crippen LogP contribution in [0.2, 0.25) is 0 Å². The number of fused-ring (bicyclic) bond motifs is 1. The number of likely N-dealkylation sites (tertiary alicyclic amines) is 1. The minimum absolute atomic E-state index is 0.587. The first-order chi connectivity index (χ1) is 7.34.